The lowest BCUT2D eigenvalue weighted by Gasteiger charge is -2.37. The molecule has 0 aromatic heterocycles. The average molecular weight is 291 g/mol. The van der Waals surface area contributed by atoms with Gasteiger partial charge in [-0.05, 0) is 14.1 Å². The van der Waals surface area contributed by atoms with E-state index in [1.165, 1.54) is 0 Å². The van der Waals surface area contributed by atoms with E-state index >= 15 is 0 Å². The van der Waals surface area contributed by atoms with Gasteiger partial charge in [-0.25, -0.2) is 0 Å². The highest BCUT2D eigenvalue weighted by atomic mass is 28.4. The second-order valence-corrected chi connectivity index (χ2v) is 8.12. The first-order valence-corrected chi connectivity index (χ1v) is 8.73. The van der Waals surface area contributed by atoms with E-state index < -0.39 is 8.80 Å². The van der Waals surface area contributed by atoms with Gasteiger partial charge in [0.15, 0.2) is 0 Å². The van der Waals surface area contributed by atoms with Crippen molar-refractivity contribution in [1.82, 2.24) is 14.7 Å². The van der Waals surface area contributed by atoms with Gasteiger partial charge in [0.1, 0.15) is 0 Å². The van der Waals surface area contributed by atoms with Crippen molar-refractivity contribution in [2.75, 3.05) is 80.9 Å². The molecule has 0 radical (unpaired) electrons. The molecule has 1 saturated heterocycles. The lowest BCUT2D eigenvalue weighted by Crippen LogP contribution is -2.57. The Kier molecular flexibility index (Phi) is 7.44. The fourth-order valence-electron chi connectivity index (χ4n) is 2.23. The second kappa shape index (κ2) is 8.31. The standard InChI is InChI=1S/C12H29N3O3Si/c1-13(2)6-7-14-8-10-15(11-9-14)12-19(16-3,17-4)18-5/h6-12H2,1-5H3. The normalized spacial score (nSPS) is 19.3. The van der Waals surface area contributed by atoms with Gasteiger partial charge in [-0.3, -0.25) is 9.80 Å². The van der Waals surface area contributed by atoms with Gasteiger partial charge in [-0.15, -0.1) is 0 Å². The molecule has 0 aliphatic carbocycles. The molecule has 0 spiro atoms. The van der Waals surface area contributed by atoms with Crippen molar-refractivity contribution in [3.05, 3.63) is 0 Å². The van der Waals surface area contributed by atoms with Gasteiger partial charge in [-0.1, -0.05) is 0 Å². The molecule has 0 aromatic carbocycles. The Balaban J connectivity index is 2.33. The van der Waals surface area contributed by atoms with Gasteiger partial charge in [-0.2, -0.15) is 0 Å². The summed E-state index contributed by atoms with van der Waals surface area (Å²) in [6.07, 6.45) is 0.776. The highest BCUT2D eigenvalue weighted by Crippen LogP contribution is 2.11. The second-order valence-electron chi connectivity index (χ2n) is 5.22. The maximum absolute atomic E-state index is 5.48. The van der Waals surface area contributed by atoms with Crippen LogP contribution in [-0.2, 0) is 13.3 Å². The molecular weight excluding hydrogens is 262 g/mol. The summed E-state index contributed by atoms with van der Waals surface area (Å²) >= 11 is 0. The van der Waals surface area contributed by atoms with E-state index in [9.17, 15) is 0 Å². The van der Waals surface area contributed by atoms with Gasteiger partial charge < -0.3 is 18.2 Å². The van der Waals surface area contributed by atoms with Crippen molar-refractivity contribution in [3.63, 3.8) is 0 Å². The largest absolute Gasteiger partial charge is 0.514 e. The molecule has 6 nitrogen and oxygen atoms in total. The Morgan fingerprint density at radius 3 is 1.79 bits per heavy atom. The molecule has 0 bridgehead atoms. The summed E-state index contributed by atoms with van der Waals surface area (Å²) < 4.78 is 16.4. The van der Waals surface area contributed by atoms with E-state index in [1.54, 1.807) is 21.3 Å². The molecule has 1 aliphatic heterocycles. The molecule has 0 unspecified atom stereocenters. The van der Waals surface area contributed by atoms with Crippen molar-refractivity contribution in [3.8, 4) is 0 Å². The quantitative estimate of drug-likeness (QED) is 0.566. The van der Waals surface area contributed by atoms with Crippen molar-refractivity contribution < 1.29 is 13.3 Å². The van der Waals surface area contributed by atoms with E-state index in [0.29, 0.717) is 0 Å². The first-order valence-electron chi connectivity index (χ1n) is 6.80. The van der Waals surface area contributed by atoms with Crippen LogP contribution in [0.3, 0.4) is 0 Å². The third kappa shape index (κ3) is 5.47. The SMILES string of the molecule is CO[Si](CN1CCN(CCN(C)C)CC1)(OC)OC. The van der Waals surface area contributed by atoms with Crippen molar-refractivity contribution in [2.24, 2.45) is 0 Å². The van der Waals surface area contributed by atoms with Crippen LogP contribution in [0.15, 0.2) is 0 Å². The summed E-state index contributed by atoms with van der Waals surface area (Å²) in [5.41, 5.74) is 0. The Morgan fingerprint density at radius 1 is 0.895 bits per heavy atom. The minimum atomic E-state index is -2.46. The molecule has 0 saturated carbocycles. The first kappa shape index (κ1) is 17.0. The molecular formula is C12H29N3O3Si. The summed E-state index contributed by atoms with van der Waals surface area (Å²) in [5, 5.41) is 0. The Labute approximate surface area is 118 Å². The lowest BCUT2D eigenvalue weighted by molar-refractivity contribution is 0.0811. The third-order valence-electron chi connectivity index (χ3n) is 3.68. The molecule has 1 rings (SSSR count). The maximum Gasteiger partial charge on any atom is 0.514 e. The van der Waals surface area contributed by atoms with Gasteiger partial charge in [0, 0.05) is 60.6 Å². The lowest BCUT2D eigenvalue weighted by atomic mass is 10.3. The van der Waals surface area contributed by atoms with Crippen LogP contribution >= 0.6 is 0 Å². The fraction of sp³-hybridized carbons (Fsp3) is 1.00. The van der Waals surface area contributed by atoms with Crippen LogP contribution in [0, 0.1) is 0 Å². The van der Waals surface area contributed by atoms with Crippen LogP contribution in [0.5, 0.6) is 0 Å². The molecule has 19 heavy (non-hydrogen) atoms. The molecule has 1 aliphatic rings. The molecule has 1 fully saturated rings. The Morgan fingerprint density at radius 2 is 1.37 bits per heavy atom. The Bertz CT molecular complexity index is 236. The Hall–Kier alpha value is -0.0231. The monoisotopic (exact) mass is 291 g/mol. The molecule has 0 amide bonds. The number of hydrogen-bond donors (Lipinski definition) is 0. The number of nitrogens with zero attached hydrogens (tertiary/aromatic N) is 3. The van der Waals surface area contributed by atoms with Crippen LogP contribution in [0.25, 0.3) is 0 Å². The molecule has 114 valence electrons. The van der Waals surface area contributed by atoms with Crippen LogP contribution < -0.4 is 0 Å². The van der Waals surface area contributed by atoms with Gasteiger partial charge in [0.05, 0.1) is 6.17 Å². The molecule has 0 aromatic rings. The minimum absolute atomic E-state index is 0.776. The van der Waals surface area contributed by atoms with Gasteiger partial charge in [0.25, 0.3) is 0 Å². The van der Waals surface area contributed by atoms with E-state index in [0.717, 1.165) is 45.4 Å². The molecule has 0 atom stereocenters. The van der Waals surface area contributed by atoms with E-state index in [1.807, 2.05) is 0 Å². The topological polar surface area (TPSA) is 37.4 Å². The van der Waals surface area contributed by atoms with E-state index in [4.69, 9.17) is 13.3 Å². The fourth-order valence-corrected chi connectivity index (χ4v) is 3.98. The molecule has 7 heteroatoms. The highest BCUT2D eigenvalue weighted by molar-refractivity contribution is 6.60. The van der Waals surface area contributed by atoms with Crippen molar-refractivity contribution in [1.29, 1.82) is 0 Å². The van der Waals surface area contributed by atoms with E-state index in [-0.39, 0.29) is 0 Å². The van der Waals surface area contributed by atoms with Crippen LogP contribution in [0.2, 0.25) is 0 Å². The predicted molar refractivity (Wildman–Crippen MR) is 78.2 cm³/mol. The summed E-state index contributed by atoms with van der Waals surface area (Å²) in [5.74, 6) is 0. The first-order chi connectivity index (χ1) is 9.05. The summed E-state index contributed by atoms with van der Waals surface area (Å²) in [6.45, 7) is 6.58. The van der Waals surface area contributed by atoms with Gasteiger partial charge >= 0.3 is 8.80 Å². The molecule has 1 heterocycles. The summed E-state index contributed by atoms with van der Waals surface area (Å²) in [7, 11) is 6.79. The maximum atomic E-state index is 5.48. The number of piperazine rings is 1. The smallest absolute Gasteiger partial charge is 0.376 e. The zero-order valence-electron chi connectivity index (χ0n) is 13.0. The van der Waals surface area contributed by atoms with E-state index in [2.05, 4.69) is 28.8 Å². The summed E-state index contributed by atoms with van der Waals surface area (Å²) in [4.78, 5) is 7.12. The number of hydrogen-bond acceptors (Lipinski definition) is 6. The zero-order valence-corrected chi connectivity index (χ0v) is 14.0. The minimum Gasteiger partial charge on any atom is -0.376 e. The van der Waals surface area contributed by atoms with Crippen LogP contribution in [0.4, 0.5) is 0 Å². The van der Waals surface area contributed by atoms with Crippen LogP contribution in [0.1, 0.15) is 0 Å². The van der Waals surface area contributed by atoms with Gasteiger partial charge in [0.2, 0.25) is 0 Å². The third-order valence-corrected chi connectivity index (χ3v) is 6.38. The van der Waals surface area contributed by atoms with Crippen molar-refractivity contribution >= 4 is 8.80 Å². The number of likely N-dealkylation sites (N-methyl/N-ethyl adjacent to an activating group) is 1. The highest BCUT2D eigenvalue weighted by Gasteiger charge is 2.40. The predicted octanol–water partition coefficient (Wildman–Crippen LogP) is -0.417. The summed E-state index contributed by atoms with van der Waals surface area (Å²) in [6, 6.07) is 0. The molecule has 0 N–H and O–H groups in total. The number of rotatable bonds is 8. The zero-order chi connectivity index (χ0) is 14.3. The van der Waals surface area contributed by atoms with Crippen LogP contribution in [-0.4, -0.2) is 104 Å². The average Bonchev–Trinajstić information content (AvgIpc) is 2.44. The van der Waals surface area contributed by atoms with Crippen molar-refractivity contribution in [2.45, 2.75) is 0 Å².